The number of pyridine rings is 1. The lowest BCUT2D eigenvalue weighted by Gasteiger charge is -2.32. The van der Waals surface area contributed by atoms with E-state index in [1.54, 1.807) is 12.4 Å². The zero-order chi connectivity index (χ0) is 16.2. The van der Waals surface area contributed by atoms with Gasteiger partial charge in [0.15, 0.2) is 0 Å². The fraction of sp³-hybridized carbons (Fsp3) is 0.368. The molecule has 3 rings (SSSR count). The summed E-state index contributed by atoms with van der Waals surface area (Å²) < 4.78 is 5.93. The van der Waals surface area contributed by atoms with Gasteiger partial charge in [0, 0.05) is 37.7 Å². The molecule has 0 unspecified atom stereocenters. The zero-order valence-corrected chi connectivity index (χ0v) is 13.7. The maximum absolute atomic E-state index is 12.6. The lowest BCUT2D eigenvalue weighted by Crippen LogP contribution is -2.41. The highest BCUT2D eigenvalue weighted by Gasteiger charge is 2.24. The van der Waals surface area contributed by atoms with Gasteiger partial charge in [-0.2, -0.15) is 0 Å². The van der Waals surface area contributed by atoms with Crippen LogP contribution in [-0.4, -0.2) is 35.0 Å². The average molecular weight is 310 g/mol. The minimum Gasteiger partial charge on any atom is -0.489 e. The van der Waals surface area contributed by atoms with Crippen molar-refractivity contribution in [2.45, 2.75) is 32.8 Å². The molecule has 1 saturated heterocycles. The molecule has 4 nitrogen and oxygen atoms in total. The Morgan fingerprint density at radius 1 is 1.17 bits per heavy atom. The summed E-state index contributed by atoms with van der Waals surface area (Å²) in [6, 6.07) is 9.81. The molecule has 120 valence electrons. The number of aryl methyl sites for hydroxylation is 2. The maximum Gasteiger partial charge on any atom is 0.253 e. The van der Waals surface area contributed by atoms with Crippen molar-refractivity contribution in [1.29, 1.82) is 0 Å². The first-order valence-corrected chi connectivity index (χ1v) is 8.06. The number of nitrogens with zero attached hydrogens (tertiary/aromatic N) is 2. The summed E-state index contributed by atoms with van der Waals surface area (Å²) >= 11 is 0. The molecule has 1 fully saturated rings. The van der Waals surface area contributed by atoms with Gasteiger partial charge in [0.05, 0.1) is 6.20 Å². The Kier molecular flexibility index (Phi) is 4.60. The second-order valence-electron chi connectivity index (χ2n) is 6.17. The Morgan fingerprint density at radius 3 is 2.48 bits per heavy atom. The van der Waals surface area contributed by atoms with Gasteiger partial charge in [-0.05, 0) is 38.1 Å². The molecular formula is C19H22N2O2. The molecule has 1 amide bonds. The summed E-state index contributed by atoms with van der Waals surface area (Å²) in [6.45, 7) is 5.52. The van der Waals surface area contributed by atoms with Crippen molar-refractivity contribution in [3.63, 3.8) is 0 Å². The number of piperidine rings is 1. The molecule has 0 spiro atoms. The zero-order valence-electron chi connectivity index (χ0n) is 13.7. The summed E-state index contributed by atoms with van der Waals surface area (Å²) in [5, 5.41) is 0. The third-order valence-electron chi connectivity index (χ3n) is 4.13. The van der Waals surface area contributed by atoms with Crippen molar-refractivity contribution in [3.05, 3.63) is 59.4 Å². The number of rotatable bonds is 3. The van der Waals surface area contributed by atoms with Crippen molar-refractivity contribution in [1.82, 2.24) is 9.88 Å². The van der Waals surface area contributed by atoms with E-state index in [4.69, 9.17) is 4.74 Å². The fourth-order valence-corrected chi connectivity index (χ4v) is 3.07. The molecule has 23 heavy (non-hydrogen) atoms. The number of carbonyl (C=O) groups is 1. The van der Waals surface area contributed by atoms with Crippen molar-refractivity contribution >= 4 is 5.91 Å². The van der Waals surface area contributed by atoms with Crippen molar-refractivity contribution in [3.8, 4) is 5.75 Å². The fourth-order valence-electron chi connectivity index (χ4n) is 3.07. The standard InChI is InChI=1S/C19H22N2O2/c1-14-10-15(2)12-16(11-14)19(22)21-8-5-17(6-9-21)23-18-4-3-7-20-13-18/h3-4,7,10-13,17H,5-6,8-9H2,1-2H3. The van der Waals surface area contributed by atoms with Gasteiger partial charge in [-0.15, -0.1) is 0 Å². The topological polar surface area (TPSA) is 42.4 Å². The SMILES string of the molecule is Cc1cc(C)cc(C(=O)N2CCC(Oc3cccnc3)CC2)c1. The highest BCUT2D eigenvalue weighted by Crippen LogP contribution is 2.20. The normalized spacial score (nSPS) is 15.5. The van der Waals surface area contributed by atoms with Gasteiger partial charge in [-0.1, -0.05) is 17.2 Å². The smallest absolute Gasteiger partial charge is 0.253 e. The van der Waals surface area contributed by atoms with Gasteiger partial charge in [-0.3, -0.25) is 9.78 Å². The maximum atomic E-state index is 12.6. The molecule has 0 bridgehead atoms. The highest BCUT2D eigenvalue weighted by atomic mass is 16.5. The molecule has 1 aliphatic rings. The molecule has 0 radical (unpaired) electrons. The Hall–Kier alpha value is -2.36. The second kappa shape index (κ2) is 6.82. The minimum absolute atomic E-state index is 0.122. The van der Waals surface area contributed by atoms with E-state index in [-0.39, 0.29) is 12.0 Å². The molecule has 1 aliphatic heterocycles. The van der Waals surface area contributed by atoms with E-state index in [1.165, 1.54) is 0 Å². The van der Waals surface area contributed by atoms with Crippen LogP contribution < -0.4 is 4.74 Å². The van der Waals surface area contributed by atoms with Crippen LogP contribution in [-0.2, 0) is 0 Å². The van der Waals surface area contributed by atoms with E-state index in [9.17, 15) is 4.79 Å². The third-order valence-corrected chi connectivity index (χ3v) is 4.13. The lowest BCUT2D eigenvalue weighted by molar-refractivity contribution is 0.0595. The van der Waals surface area contributed by atoms with Crippen molar-refractivity contribution in [2.24, 2.45) is 0 Å². The Bertz CT molecular complexity index is 657. The third kappa shape index (κ3) is 3.89. The number of hydrogen-bond acceptors (Lipinski definition) is 3. The van der Waals surface area contributed by atoms with Crippen LogP contribution in [0.1, 0.15) is 34.3 Å². The van der Waals surface area contributed by atoms with Crippen LogP contribution in [0.5, 0.6) is 5.75 Å². The predicted molar refractivity (Wildman–Crippen MR) is 89.7 cm³/mol. The van der Waals surface area contributed by atoms with E-state index in [1.807, 2.05) is 43.0 Å². The van der Waals surface area contributed by atoms with E-state index in [0.717, 1.165) is 48.4 Å². The quantitative estimate of drug-likeness (QED) is 0.873. The molecule has 2 aromatic rings. The lowest BCUT2D eigenvalue weighted by atomic mass is 10.0. The monoisotopic (exact) mass is 310 g/mol. The molecule has 1 aromatic heterocycles. The number of benzene rings is 1. The molecule has 0 saturated carbocycles. The molecular weight excluding hydrogens is 288 g/mol. The summed E-state index contributed by atoms with van der Waals surface area (Å²) in [7, 11) is 0. The summed E-state index contributed by atoms with van der Waals surface area (Å²) in [5.74, 6) is 0.920. The first kappa shape index (κ1) is 15.5. The van der Waals surface area contributed by atoms with Gasteiger partial charge >= 0.3 is 0 Å². The number of hydrogen-bond donors (Lipinski definition) is 0. The highest BCUT2D eigenvalue weighted by molar-refractivity contribution is 5.94. The van der Waals surface area contributed by atoms with Gasteiger partial charge in [-0.25, -0.2) is 0 Å². The van der Waals surface area contributed by atoms with E-state index in [0.29, 0.717) is 0 Å². The van der Waals surface area contributed by atoms with Gasteiger partial charge in [0.1, 0.15) is 11.9 Å². The average Bonchev–Trinajstić information content (AvgIpc) is 2.55. The van der Waals surface area contributed by atoms with Gasteiger partial charge in [0.2, 0.25) is 0 Å². The van der Waals surface area contributed by atoms with Crippen LogP contribution in [0, 0.1) is 13.8 Å². The second-order valence-corrected chi connectivity index (χ2v) is 6.17. The predicted octanol–water partition coefficient (Wildman–Crippen LogP) is 3.38. The van der Waals surface area contributed by atoms with Crippen LogP contribution in [0.4, 0.5) is 0 Å². The molecule has 4 heteroatoms. The first-order chi connectivity index (χ1) is 11.1. The number of ether oxygens (including phenoxy) is 1. The van der Waals surface area contributed by atoms with E-state index in [2.05, 4.69) is 11.1 Å². The largest absolute Gasteiger partial charge is 0.489 e. The summed E-state index contributed by atoms with van der Waals surface area (Å²) in [5.41, 5.74) is 3.04. The van der Waals surface area contributed by atoms with E-state index >= 15 is 0 Å². The van der Waals surface area contributed by atoms with E-state index < -0.39 is 0 Å². The van der Waals surface area contributed by atoms with Crippen LogP contribution in [0.25, 0.3) is 0 Å². The first-order valence-electron chi connectivity index (χ1n) is 8.06. The van der Waals surface area contributed by atoms with Crippen molar-refractivity contribution < 1.29 is 9.53 Å². The minimum atomic E-state index is 0.122. The summed E-state index contributed by atoms with van der Waals surface area (Å²) in [4.78, 5) is 18.6. The van der Waals surface area contributed by atoms with Crippen LogP contribution in [0.2, 0.25) is 0 Å². The molecule has 0 aliphatic carbocycles. The molecule has 1 aromatic carbocycles. The Morgan fingerprint density at radius 2 is 1.87 bits per heavy atom. The van der Waals surface area contributed by atoms with Crippen LogP contribution >= 0.6 is 0 Å². The molecule has 2 heterocycles. The van der Waals surface area contributed by atoms with Crippen LogP contribution in [0.15, 0.2) is 42.7 Å². The Balaban J connectivity index is 1.59. The van der Waals surface area contributed by atoms with Crippen LogP contribution in [0.3, 0.4) is 0 Å². The molecule has 0 atom stereocenters. The van der Waals surface area contributed by atoms with Crippen molar-refractivity contribution in [2.75, 3.05) is 13.1 Å². The molecule has 0 N–H and O–H groups in total. The summed E-state index contributed by atoms with van der Waals surface area (Å²) in [6.07, 6.45) is 5.32. The Labute approximate surface area is 137 Å². The number of amides is 1. The number of likely N-dealkylation sites (tertiary alicyclic amines) is 1. The van der Waals surface area contributed by atoms with Gasteiger partial charge in [0.25, 0.3) is 5.91 Å². The number of carbonyl (C=O) groups excluding carboxylic acids is 1. The van der Waals surface area contributed by atoms with Gasteiger partial charge < -0.3 is 9.64 Å². The number of aromatic nitrogens is 1.